The second-order valence-corrected chi connectivity index (χ2v) is 9.73. The van der Waals surface area contributed by atoms with Crippen molar-refractivity contribution in [3.63, 3.8) is 0 Å². The summed E-state index contributed by atoms with van der Waals surface area (Å²) in [6.07, 6.45) is 2.31. The maximum atomic E-state index is 12.0. The van der Waals surface area contributed by atoms with E-state index in [-0.39, 0.29) is 0 Å². The zero-order valence-electron chi connectivity index (χ0n) is 21.0. The number of aryl methyl sites for hydroxylation is 1. The molecule has 6 nitrogen and oxygen atoms in total. The van der Waals surface area contributed by atoms with Crippen LogP contribution in [0.2, 0.25) is 0 Å². The van der Waals surface area contributed by atoms with Gasteiger partial charge in [-0.1, -0.05) is 96.5 Å². The smallest absolute Gasteiger partial charge is 0.314 e. The van der Waals surface area contributed by atoms with Gasteiger partial charge < -0.3 is 14.9 Å². The van der Waals surface area contributed by atoms with Crippen molar-refractivity contribution in [2.24, 2.45) is 0 Å². The third-order valence-corrected chi connectivity index (χ3v) is 7.47. The average molecular weight is 502 g/mol. The predicted octanol–water partition coefficient (Wildman–Crippen LogP) is 7.63. The summed E-state index contributed by atoms with van der Waals surface area (Å²) in [5.74, 6) is 0.574. The van der Waals surface area contributed by atoms with E-state index in [9.17, 15) is 9.90 Å². The number of aromatic nitrogens is 2. The standard InChI is InChI=1S/C32H27N3O3/c1-21-29(34-28-14-7-13-27(33-28)23-9-3-2-4-10-23)30(38-35-21)26-12-6-5-11-25(26)22-15-17-24(18-16-22)32(31(36)37)19-8-20-32/h2-7,9-18H,8,19-20H2,1H3,(H,33,34)(H,36,37). The third kappa shape index (κ3) is 4.14. The van der Waals surface area contributed by atoms with Crippen LogP contribution in [0.15, 0.2) is 102 Å². The lowest BCUT2D eigenvalue weighted by atomic mass is 9.64. The number of rotatable bonds is 7. The molecule has 0 unspecified atom stereocenters. The van der Waals surface area contributed by atoms with Crippen molar-refractivity contribution in [2.45, 2.75) is 31.6 Å². The van der Waals surface area contributed by atoms with Gasteiger partial charge in [0.1, 0.15) is 17.2 Å². The summed E-state index contributed by atoms with van der Waals surface area (Å²) in [5.41, 5.74) is 6.35. The first-order valence-corrected chi connectivity index (χ1v) is 12.7. The van der Waals surface area contributed by atoms with Crippen LogP contribution in [0.4, 0.5) is 11.5 Å². The zero-order valence-corrected chi connectivity index (χ0v) is 21.0. The van der Waals surface area contributed by atoms with Gasteiger partial charge in [0.25, 0.3) is 0 Å². The van der Waals surface area contributed by atoms with Gasteiger partial charge in [0.15, 0.2) is 5.76 Å². The molecule has 1 aliphatic rings. The minimum absolute atomic E-state index is 0.620. The summed E-state index contributed by atoms with van der Waals surface area (Å²) in [7, 11) is 0. The number of carboxylic acid groups (broad SMARTS) is 1. The molecule has 6 rings (SSSR count). The molecule has 0 saturated heterocycles. The van der Waals surface area contributed by atoms with E-state index in [1.165, 1.54) is 0 Å². The Morgan fingerprint density at radius 3 is 2.24 bits per heavy atom. The average Bonchev–Trinajstić information content (AvgIpc) is 3.28. The molecule has 5 aromatic rings. The molecule has 0 bridgehead atoms. The van der Waals surface area contributed by atoms with E-state index in [4.69, 9.17) is 9.51 Å². The first kappa shape index (κ1) is 23.7. The van der Waals surface area contributed by atoms with E-state index in [1.54, 1.807) is 0 Å². The fourth-order valence-electron chi connectivity index (χ4n) is 5.16. The van der Waals surface area contributed by atoms with Gasteiger partial charge in [0, 0.05) is 11.1 Å². The van der Waals surface area contributed by atoms with Gasteiger partial charge in [0.05, 0.1) is 11.1 Å². The number of carbonyl (C=O) groups is 1. The second kappa shape index (κ2) is 9.63. The number of nitrogens with one attached hydrogen (secondary N) is 1. The van der Waals surface area contributed by atoms with Gasteiger partial charge >= 0.3 is 5.97 Å². The van der Waals surface area contributed by atoms with Crippen LogP contribution in [0.5, 0.6) is 0 Å². The number of hydrogen-bond acceptors (Lipinski definition) is 5. The highest BCUT2D eigenvalue weighted by atomic mass is 16.5. The van der Waals surface area contributed by atoms with Crippen molar-refractivity contribution >= 4 is 17.5 Å². The highest BCUT2D eigenvalue weighted by molar-refractivity contribution is 5.89. The SMILES string of the molecule is Cc1noc(-c2ccccc2-c2ccc(C3(C(=O)O)CCC3)cc2)c1Nc1cccc(-c2ccccc2)n1. The number of carboxylic acids is 1. The monoisotopic (exact) mass is 501 g/mol. The lowest BCUT2D eigenvalue weighted by Gasteiger charge is -2.38. The molecule has 1 aliphatic carbocycles. The summed E-state index contributed by atoms with van der Waals surface area (Å²) in [6, 6.07) is 31.8. The quantitative estimate of drug-likeness (QED) is 0.238. The predicted molar refractivity (Wildman–Crippen MR) is 148 cm³/mol. The number of pyridine rings is 1. The van der Waals surface area contributed by atoms with Crippen LogP contribution in [0.1, 0.15) is 30.5 Å². The number of benzene rings is 3. The van der Waals surface area contributed by atoms with Crippen LogP contribution in [-0.2, 0) is 10.2 Å². The Labute approximate surface area is 221 Å². The van der Waals surface area contributed by atoms with Crippen LogP contribution in [0, 0.1) is 6.92 Å². The van der Waals surface area contributed by atoms with E-state index >= 15 is 0 Å². The molecule has 0 aliphatic heterocycles. The minimum Gasteiger partial charge on any atom is -0.481 e. The van der Waals surface area contributed by atoms with Gasteiger partial charge in [-0.05, 0) is 48.6 Å². The van der Waals surface area contributed by atoms with Crippen molar-refractivity contribution in [3.05, 3.63) is 108 Å². The molecule has 38 heavy (non-hydrogen) atoms. The van der Waals surface area contributed by atoms with Crippen LogP contribution in [0.3, 0.4) is 0 Å². The summed E-state index contributed by atoms with van der Waals surface area (Å²) >= 11 is 0. The van der Waals surface area contributed by atoms with Gasteiger partial charge in [0.2, 0.25) is 0 Å². The zero-order chi connectivity index (χ0) is 26.1. The molecule has 1 saturated carbocycles. The molecule has 2 aromatic heterocycles. The molecule has 2 N–H and O–H groups in total. The van der Waals surface area contributed by atoms with Gasteiger partial charge in [-0.15, -0.1) is 0 Å². The molecular formula is C32H27N3O3. The third-order valence-electron chi connectivity index (χ3n) is 7.47. The highest BCUT2D eigenvalue weighted by Crippen LogP contribution is 2.45. The van der Waals surface area contributed by atoms with Crippen molar-refractivity contribution in [1.29, 1.82) is 0 Å². The second-order valence-electron chi connectivity index (χ2n) is 9.73. The molecule has 3 aromatic carbocycles. The molecule has 1 fully saturated rings. The largest absolute Gasteiger partial charge is 0.481 e. The van der Waals surface area contributed by atoms with E-state index in [0.29, 0.717) is 24.4 Å². The summed E-state index contributed by atoms with van der Waals surface area (Å²) in [6.45, 7) is 1.90. The lowest BCUT2D eigenvalue weighted by Crippen LogP contribution is -2.42. The Balaban J connectivity index is 1.34. The first-order valence-electron chi connectivity index (χ1n) is 12.7. The normalized spacial score (nSPS) is 14.0. The van der Waals surface area contributed by atoms with Crippen LogP contribution in [-0.4, -0.2) is 21.2 Å². The fourth-order valence-corrected chi connectivity index (χ4v) is 5.16. The van der Waals surface area contributed by atoms with E-state index < -0.39 is 11.4 Å². The number of hydrogen-bond donors (Lipinski definition) is 2. The topological polar surface area (TPSA) is 88.2 Å². The fraction of sp³-hybridized carbons (Fsp3) is 0.156. The van der Waals surface area contributed by atoms with Crippen molar-refractivity contribution in [1.82, 2.24) is 10.1 Å². The van der Waals surface area contributed by atoms with Crippen LogP contribution in [0.25, 0.3) is 33.7 Å². The Morgan fingerprint density at radius 2 is 1.55 bits per heavy atom. The van der Waals surface area contributed by atoms with Crippen LogP contribution < -0.4 is 5.32 Å². The summed E-state index contributed by atoms with van der Waals surface area (Å²) in [5, 5.41) is 17.5. The Morgan fingerprint density at radius 1 is 0.842 bits per heavy atom. The van der Waals surface area contributed by atoms with E-state index in [1.807, 2.05) is 104 Å². The first-order chi connectivity index (χ1) is 18.5. The Bertz CT molecular complexity index is 1600. The minimum atomic E-state index is -0.752. The van der Waals surface area contributed by atoms with Crippen molar-refractivity contribution < 1.29 is 14.4 Å². The van der Waals surface area contributed by atoms with Gasteiger partial charge in [-0.2, -0.15) is 0 Å². The number of anilines is 2. The molecule has 0 atom stereocenters. The lowest BCUT2D eigenvalue weighted by molar-refractivity contribution is -0.147. The number of nitrogens with zero attached hydrogens (tertiary/aromatic N) is 2. The molecule has 0 radical (unpaired) electrons. The van der Waals surface area contributed by atoms with Gasteiger partial charge in [-0.3, -0.25) is 4.79 Å². The van der Waals surface area contributed by atoms with Crippen molar-refractivity contribution in [3.8, 4) is 33.7 Å². The maximum Gasteiger partial charge on any atom is 0.314 e. The molecule has 6 heteroatoms. The molecular weight excluding hydrogens is 474 g/mol. The van der Waals surface area contributed by atoms with Gasteiger partial charge in [-0.25, -0.2) is 4.98 Å². The van der Waals surface area contributed by atoms with Crippen LogP contribution >= 0.6 is 0 Å². The molecule has 0 spiro atoms. The number of aliphatic carboxylic acids is 1. The van der Waals surface area contributed by atoms with E-state index in [2.05, 4.69) is 10.5 Å². The molecule has 0 amide bonds. The van der Waals surface area contributed by atoms with E-state index in [0.717, 1.165) is 51.3 Å². The summed E-state index contributed by atoms with van der Waals surface area (Å²) < 4.78 is 5.85. The summed E-state index contributed by atoms with van der Waals surface area (Å²) in [4.78, 5) is 16.8. The maximum absolute atomic E-state index is 12.0. The highest BCUT2D eigenvalue weighted by Gasteiger charge is 2.45. The molecule has 2 heterocycles. The Kier molecular flexibility index (Phi) is 6.00. The Hall–Kier alpha value is -4.71. The van der Waals surface area contributed by atoms with Crippen molar-refractivity contribution in [2.75, 3.05) is 5.32 Å². The molecule has 188 valence electrons.